The summed E-state index contributed by atoms with van der Waals surface area (Å²) in [6, 6.07) is 39.4. The second kappa shape index (κ2) is 6.69. The molecule has 8 aromatic rings. The van der Waals surface area contributed by atoms with Gasteiger partial charge in [-0.1, -0.05) is 72.8 Å². The molecule has 0 aliphatic carbocycles. The monoisotopic (exact) mass is 450 g/mol. The van der Waals surface area contributed by atoms with Crippen molar-refractivity contribution in [1.29, 1.82) is 0 Å². The lowest BCUT2D eigenvalue weighted by Crippen LogP contribution is -1.79. The second-order valence-electron chi connectivity index (χ2n) is 8.95. The van der Waals surface area contributed by atoms with Crippen LogP contribution in [0.1, 0.15) is 0 Å². The summed E-state index contributed by atoms with van der Waals surface area (Å²) in [6.07, 6.45) is 0. The fourth-order valence-corrected chi connectivity index (χ4v) is 6.60. The lowest BCUT2D eigenvalue weighted by Gasteiger charge is -2.04. The lowest BCUT2D eigenvalue weighted by atomic mass is 9.99. The van der Waals surface area contributed by atoms with E-state index >= 15 is 0 Å². The van der Waals surface area contributed by atoms with Crippen LogP contribution in [-0.2, 0) is 0 Å². The van der Waals surface area contributed by atoms with Crippen molar-refractivity contribution in [3.63, 3.8) is 0 Å². The molecule has 0 saturated heterocycles. The van der Waals surface area contributed by atoms with Gasteiger partial charge in [-0.05, 0) is 58.3 Å². The Hall–Kier alpha value is -4.14. The topological polar surface area (TPSA) is 13.1 Å². The molecule has 0 bridgehead atoms. The summed E-state index contributed by atoms with van der Waals surface area (Å²) in [7, 11) is 0. The Balaban J connectivity index is 1.37. The molecular formula is C32H18OS. The van der Waals surface area contributed by atoms with Crippen molar-refractivity contribution in [2.75, 3.05) is 0 Å². The van der Waals surface area contributed by atoms with Gasteiger partial charge >= 0.3 is 0 Å². The predicted molar refractivity (Wildman–Crippen MR) is 147 cm³/mol. The highest BCUT2D eigenvalue weighted by atomic mass is 32.1. The zero-order valence-corrected chi connectivity index (χ0v) is 19.0. The Morgan fingerprint density at radius 3 is 2.03 bits per heavy atom. The normalized spacial score (nSPS) is 12.1. The number of furan rings is 1. The van der Waals surface area contributed by atoms with Gasteiger partial charge in [0, 0.05) is 41.7 Å². The van der Waals surface area contributed by atoms with E-state index in [1.807, 2.05) is 11.3 Å². The molecular weight excluding hydrogens is 432 g/mol. The van der Waals surface area contributed by atoms with Crippen molar-refractivity contribution in [2.45, 2.75) is 0 Å². The van der Waals surface area contributed by atoms with Gasteiger partial charge in [0.15, 0.2) is 0 Å². The van der Waals surface area contributed by atoms with Crippen molar-refractivity contribution in [3.05, 3.63) is 109 Å². The maximum atomic E-state index is 6.54. The molecule has 0 aliphatic heterocycles. The van der Waals surface area contributed by atoms with Crippen LogP contribution in [0, 0.1) is 0 Å². The van der Waals surface area contributed by atoms with Gasteiger partial charge in [-0.25, -0.2) is 0 Å². The maximum absolute atomic E-state index is 6.54. The SMILES string of the molecule is c1ccc2cc(-c3ccc4c(c3)oc3c4ccc4c3ccc3c5ccccc5sc34)ccc2c1. The van der Waals surface area contributed by atoms with Gasteiger partial charge in [-0.3, -0.25) is 0 Å². The molecule has 0 fully saturated rings. The highest BCUT2D eigenvalue weighted by Gasteiger charge is 2.15. The van der Waals surface area contributed by atoms with Crippen molar-refractivity contribution < 1.29 is 4.42 Å². The Kier molecular flexibility index (Phi) is 3.60. The minimum Gasteiger partial charge on any atom is -0.455 e. The summed E-state index contributed by atoms with van der Waals surface area (Å²) in [5.41, 5.74) is 4.29. The highest BCUT2D eigenvalue weighted by Crippen LogP contribution is 2.42. The fourth-order valence-electron chi connectivity index (χ4n) is 5.37. The molecule has 0 unspecified atom stereocenters. The van der Waals surface area contributed by atoms with Crippen LogP contribution in [0.3, 0.4) is 0 Å². The molecule has 6 aromatic carbocycles. The first-order valence-electron chi connectivity index (χ1n) is 11.5. The fraction of sp³-hybridized carbons (Fsp3) is 0. The molecule has 0 atom stereocenters. The maximum Gasteiger partial charge on any atom is 0.143 e. The van der Waals surface area contributed by atoms with E-state index in [0.29, 0.717) is 0 Å². The summed E-state index contributed by atoms with van der Waals surface area (Å²) < 4.78 is 9.20. The molecule has 2 aromatic heterocycles. The Morgan fingerprint density at radius 1 is 0.471 bits per heavy atom. The van der Waals surface area contributed by atoms with Crippen LogP contribution in [0.25, 0.3) is 74.8 Å². The molecule has 2 heterocycles. The van der Waals surface area contributed by atoms with E-state index in [4.69, 9.17) is 4.42 Å². The van der Waals surface area contributed by atoms with Crippen LogP contribution in [0.5, 0.6) is 0 Å². The lowest BCUT2D eigenvalue weighted by molar-refractivity contribution is 0.673. The first kappa shape index (κ1) is 18.3. The van der Waals surface area contributed by atoms with Gasteiger partial charge in [0.25, 0.3) is 0 Å². The average molecular weight is 451 g/mol. The number of rotatable bonds is 1. The summed E-state index contributed by atoms with van der Waals surface area (Å²) in [6.45, 7) is 0. The summed E-state index contributed by atoms with van der Waals surface area (Å²) >= 11 is 1.87. The first-order valence-corrected chi connectivity index (χ1v) is 12.3. The highest BCUT2D eigenvalue weighted by molar-refractivity contribution is 7.26. The first-order chi connectivity index (χ1) is 16.8. The molecule has 2 heteroatoms. The zero-order valence-electron chi connectivity index (χ0n) is 18.2. The largest absolute Gasteiger partial charge is 0.455 e. The smallest absolute Gasteiger partial charge is 0.143 e. The Morgan fingerprint density at radius 2 is 1.12 bits per heavy atom. The molecule has 0 aliphatic rings. The second-order valence-corrected chi connectivity index (χ2v) is 10.0. The molecule has 0 spiro atoms. The molecule has 0 amide bonds. The number of thiophene rings is 1. The Labute approximate surface area is 199 Å². The van der Waals surface area contributed by atoms with Crippen LogP contribution in [0.2, 0.25) is 0 Å². The van der Waals surface area contributed by atoms with Gasteiger partial charge in [-0.2, -0.15) is 0 Å². The standard InChI is InChI=1S/C32H18OS/c1-2-6-20-17-21(10-9-19(20)5-1)22-11-12-23-25-13-16-28-26(31(25)33-29(23)18-22)14-15-27-24-7-3-4-8-30(24)34-32(27)28/h1-18H. The van der Waals surface area contributed by atoms with Crippen LogP contribution in [-0.4, -0.2) is 0 Å². The zero-order chi connectivity index (χ0) is 22.2. The molecule has 0 N–H and O–H groups in total. The van der Waals surface area contributed by atoms with E-state index in [0.717, 1.165) is 16.6 Å². The number of benzene rings is 6. The molecule has 0 saturated carbocycles. The van der Waals surface area contributed by atoms with E-state index in [1.165, 1.54) is 58.2 Å². The minimum absolute atomic E-state index is 0.935. The predicted octanol–water partition coefficient (Wildman–Crippen LogP) is 9.93. The molecule has 1 nitrogen and oxygen atoms in total. The van der Waals surface area contributed by atoms with Gasteiger partial charge in [0.1, 0.15) is 11.2 Å². The van der Waals surface area contributed by atoms with E-state index in [9.17, 15) is 0 Å². The van der Waals surface area contributed by atoms with Gasteiger partial charge in [0.05, 0.1) is 0 Å². The van der Waals surface area contributed by atoms with Crippen molar-refractivity contribution >= 4 is 75.0 Å². The van der Waals surface area contributed by atoms with Crippen molar-refractivity contribution in [2.24, 2.45) is 0 Å². The number of hydrogen-bond acceptors (Lipinski definition) is 2. The number of hydrogen-bond donors (Lipinski definition) is 0. The van der Waals surface area contributed by atoms with Crippen LogP contribution >= 0.6 is 11.3 Å². The minimum atomic E-state index is 0.935. The van der Waals surface area contributed by atoms with E-state index in [-0.39, 0.29) is 0 Å². The van der Waals surface area contributed by atoms with Crippen molar-refractivity contribution in [1.82, 2.24) is 0 Å². The van der Waals surface area contributed by atoms with Crippen LogP contribution in [0.4, 0.5) is 0 Å². The van der Waals surface area contributed by atoms with E-state index < -0.39 is 0 Å². The summed E-state index contributed by atoms with van der Waals surface area (Å²) in [5.74, 6) is 0. The quantitative estimate of drug-likeness (QED) is 0.242. The summed E-state index contributed by atoms with van der Waals surface area (Å²) in [5, 5.41) is 9.94. The third-order valence-corrected chi connectivity index (χ3v) is 8.28. The molecule has 0 radical (unpaired) electrons. The van der Waals surface area contributed by atoms with E-state index in [1.54, 1.807) is 0 Å². The molecule has 34 heavy (non-hydrogen) atoms. The molecule has 158 valence electrons. The summed E-state index contributed by atoms with van der Waals surface area (Å²) in [4.78, 5) is 0. The van der Waals surface area contributed by atoms with Gasteiger partial charge in [0.2, 0.25) is 0 Å². The van der Waals surface area contributed by atoms with E-state index in [2.05, 4.69) is 109 Å². The van der Waals surface area contributed by atoms with Gasteiger partial charge in [-0.15, -0.1) is 11.3 Å². The third-order valence-electron chi connectivity index (χ3n) is 7.06. The molecule has 8 rings (SSSR count). The van der Waals surface area contributed by atoms with Gasteiger partial charge < -0.3 is 4.42 Å². The van der Waals surface area contributed by atoms with Crippen molar-refractivity contribution in [3.8, 4) is 11.1 Å². The average Bonchev–Trinajstić information content (AvgIpc) is 3.46. The van der Waals surface area contributed by atoms with Crippen LogP contribution < -0.4 is 0 Å². The number of fused-ring (bicyclic) bond motifs is 10. The van der Waals surface area contributed by atoms with Crippen LogP contribution in [0.15, 0.2) is 114 Å². The third kappa shape index (κ3) is 2.49. The Bertz CT molecular complexity index is 2070.